The second kappa shape index (κ2) is 12.0. The quantitative estimate of drug-likeness (QED) is 0.318. The van der Waals surface area contributed by atoms with Crippen molar-refractivity contribution in [3.63, 3.8) is 0 Å². The molecule has 7 heteroatoms. The zero-order chi connectivity index (χ0) is 19.8. The molecule has 0 aliphatic rings. The van der Waals surface area contributed by atoms with Crippen molar-refractivity contribution in [2.75, 3.05) is 13.6 Å². The van der Waals surface area contributed by atoms with Crippen LogP contribution in [0, 0.1) is 5.92 Å². The van der Waals surface area contributed by atoms with E-state index in [2.05, 4.69) is 84.7 Å². The van der Waals surface area contributed by atoms with Gasteiger partial charge in [0.1, 0.15) is 0 Å². The van der Waals surface area contributed by atoms with Crippen LogP contribution in [0.4, 0.5) is 0 Å². The first-order valence-corrected chi connectivity index (χ1v) is 9.77. The molecule has 28 heavy (non-hydrogen) atoms. The minimum Gasteiger partial charge on any atom is -0.356 e. The Morgan fingerprint density at radius 1 is 1.11 bits per heavy atom. The molecule has 6 nitrogen and oxygen atoms in total. The van der Waals surface area contributed by atoms with E-state index in [1.807, 2.05) is 0 Å². The fourth-order valence-electron chi connectivity index (χ4n) is 2.79. The molecule has 1 unspecified atom stereocenters. The molecule has 0 bridgehead atoms. The van der Waals surface area contributed by atoms with Gasteiger partial charge in [-0.3, -0.25) is 4.99 Å². The number of hydrogen-bond donors (Lipinski definition) is 2. The lowest BCUT2D eigenvalue weighted by Crippen LogP contribution is -2.39. The molecule has 1 aromatic heterocycles. The Hall–Kier alpha value is -1.64. The van der Waals surface area contributed by atoms with Gasteiger partial charge in [0, 0.05) is 25.9 Å². The lowest BCUT2D eigenvalue weighted by molar-refractivity contribution is 0.371. The Kier molecular flexibility index (Phi) is 10.5. The summed E-state index contributed by atoms with van der Waals surface area (Å²) in [6.07, 6.45) is 1.78. The molecule has 1 heterocycles. The molecule has 0 fully saturated rings. The fourth-order valence-corrected chi connectivity index (χ4v) is 2.79. The number of aliphatic imine (C=N–C) groups is 1. The second-order valence-corrected chi connectivity index (χ2v) is 7.66. The van der Waals surface area contributed by atoms with E-state index in [9.17, 15) is 0 Å². The topological polar surface area (TPSA) is 75.3 Å². The summed E-state index contributed by atoms with van der Waals surface area (Å²) >= 11 is 0. The zero-order valence-corrected chi connectivity index (χ0v) is 20.2. The molecule has 0 aliphatic carbocycles. The van der Waals surface area contributed by atoms with E-state index in [0.717, 1.165) is 18.2 Å². The van der Waals surface area contributed by atoms with Gasteiger partial charge in [-0.1, -0.05) is 57.1 Å². The number of halogens is 1. The molecule has 0 amide bonds. The Labute approximate surface area is 186 Å². The predicted octanol–water partition coefficient (Wildman–Crippen LogP) is 4.48. The minimum atomic E-state index is 0. The second-order valence-electron chi connectivity index (χ2n) is 7.66. The SMILES string of the molecule is CN=C(NCCc1nc(C(C)C)no1)NC(C)c1ccc(CC(C)C)cc1.I. The van der Waals surface area contributed by atoms with Crippen molar-refractivity contribution in [2.45, 2.75) is 59.4 Å². The van der Waals surface area contributed by atoms with Crippen molar-refractivity contribution in [1.29, 1.82) is 0 Å². The molecule has 156 valence electrons. The van der Waals surface area contributed by atoms with E-state index in [1.54, 1.807) is 7.05 Å². The van der Waals surface area contributed by atoms with Gasteiger partial charge in [0.2, 0.25) is 5.89 Å². The third-order valence-corrected chi connectivity index (χ3v) is 4.33. The summed E-state index contributed by atoms with van der Waals surface area (Å²) in [5.41, 5.74) is 2.62. The fraction of sp³-hybridized carbons (Fsp3) is 0.571. The van der Waals surface area contributed by atoms with Gasteiger partial charge in [-0.15, -0.1) is 24.0 Å². The smallest absolute Gasteiger partial charge is 0.228 e. The molecular weight excluding hydrogens is 465 g/mol. The van der Waals surface area contributed by atoms with E-state index < -0.39 is 0 Å². The van der Waals surface area contributed by atoms with Crippen LogP contribution in [0.3, 0.4) is 0 Å². The van der Waals surface area contributed by atoms with Crippen LogP contribution in [0.15, 0.2) is 33.8 Å². The first kappa shape index (κ1) is 24.4. The van der Waals surface area contributed by atoms with Crippen LogP contribution in [0.5, 0.6) is 0 Å². The first-order valence-electron chi connectivity index (χ1n) is 9.77. The molecule has 2 aromatic rings. The molecule has 0 saturated heterocycles. The summed E-state index contributed by atoms with van der Waals surface area (Å²) in [7, 11) is 1.78. The van der Waals surface area contributed by atoms with Crippen LogP contribution in [0.1, 0.15) is 69.4 Å². The zero-order valence-electron chi connectivity index (χ0n) is 17.8. The van der Waals surface area contributed by atoms with Crippen molar-refractivity contribution in [1.82, 2.24) is 20.8 Å². The van der Waals surface area contributed by atoms with Crippen molar-refractivity contribution >= 4 is 29.9 Å². The van der Waals surface area contributed by atoms with E-state index in [4.69, 9.17) is 4.52 Å². The Balaban J connectivity index is 0.00000392. The predicted molar refractivity (Wildman–Crippen MR) is 125 cm³/mol. The standard InChI is InChI=1S/C21H33N5O.HI/c1-14(2)13-17-7-9-18(10-8-17)16(5)24-21(22-6)23-12-11-19-25-20(15(3)4)26-27-19;/h7-10,14-16H,11-13H2,1-6H3,(H2,22,23,24);1H. The average molecular weight is 499 g/mol. The number of rotatable bonds is 8. The van der Waals surface area contributed by atoms with E-state index in [1.165, 1.54) is 11.1 Å². The van der Waals surface area contributed by atoms with Crippen molar-refractivity contribution in [3.8, 4) is 0 Å². The van der Waals surface area contributed by atoms with Gasteiger partial charge < -0.3 is 15.2 Å². The summed E-state index contributed by atoms with van der Waals surface area (Å²) < 4.78 is 5.27. The van der Waals surface area contributed by atoms with Crippen LogP contribution < -0.4 is 10.6 Å². The monoisotopic (exact) mass is 499 g/mol. The lowest BCUT2D eigenvalue weighted by atomic mass is 10.00. The van der Waals surface area contributed by atoms with Gasteiger partial charge in [0.25, 0.3) is 0 Å². The summed E-state index contributed by atoms with van der Waals surface area (Å²) in [5.74, 6) is 3.11. The van der Waals surface area contributed by atoms with Crippen LogP contribution in [0.2, 0.25) is 0 Å². The Morgan fingerprint density at radius 2 is 1.79 bits per heavy atom. The molecule has 2 N–H and O–H groups in total. The van der Waals surface area contributed by atoms with Crippen molar-refractivity contribution in [3.05, 3.63) is 47.1 Å². The average Bonchev–Trinajstić information content (AvgIpc) is 3.10. The largest absolute Gasteiger partial charge is 0.356 e. The summed E-state index contributed by atoms with van der Waals surface area (Å²) in [6.45, 7) is 11.4. The number of aromatic nitrogens is 2. The van der Waals surface area contributed by atoms with E-state index >= 15 is 0 Å². The third kappa shape index (κ3) is 7.77. The summed E-state index contributed by atoms with van der Waals surface area (Å²) in [4.78, 5) is 8.69. The normalized spacial score (nSPS) is 12.8. The lowest BCUT2D eigenvalue weighted by Gasteiger charge is -2.18. The third-order valence-electron chi connectivity index (χ3n) is 4.33. The molecule has 0 saturated carbocycles. The number of benzene rings is 1. The minimum absolute atomic E-state index is 0. The maximum absolute atomic E-state index is 5.27. The van der Waals surface area contributed by atoms with E-state index in [-0.39, 0.29) is 35.9 Å². The van der Waals surface area contributed by atoms with Crippen LogP contribution in [-0.4, -0.2) is 29.7 Å². The number of guanidine groups is 1. The molecule has 2 rings (SSSR count). The summed E-state index contributed by atoms with van der Waals surface area (Å²) in [6, 6.07) is 8.97. The maximum atomic E-state index is 5.27. The Bertz CT molecular complexity index is 725. The number of nitrogens with one attached hydrogen (secondary N) is 2. The molecule has 0 aliphatic heterocycles. The van der Waals surface area contributed by atoms with Crippen LogP contribution >= 0.6 is 24.0 Å². The van der Waals surface area contributed by atoms with Crippen molar-refractivity contribution in [2.24, 2.45) is 10.9 Å². The molecule has 0 radical (unpaired) electrons. The van der Waals surface area contributed by atoms with Gasteiger partial charge in [-0.25, -0.2) is 0 Å². The van der Waals surface area contributed by atoms with Gasteiger partial charge in [0.05, 0.1) is 6.04 Å². The maximum Gasteiger partial charge on any atom is 0.228 e. The van der Waals surface area contributed by atoms with Crippen LogP contribution in [-0.2, 0) is 12.8 Å². The van der Waals surface area contributed by atoms with Crippen LogP contribution in [0.25, 0.3) is 0 Å². The molecular formula is C21H34IN5O. The highest BCUT2D eigenvalue weighted by Crippen LogP contribution is 2.15. The first-order chi connectivity index (χ1) is 12.9. The van der Waals surface area contributed by atoms with E-state index in [0.29, 0.717) is 24.8 Å². The van der Waals surface area contributed by atoms with Gasteiger partial charge >= 0.3 is 0 Å². The Morgan fingerprint density at radius 3 is 2.32 bits per heavy atom. The highest BCUT2D eigenvalue weighted by molar-refractivity contribution is 14.0. The molecule has 1 atom stereocenters. The molecule has 0 spiro atoms. The number of hydrogen-bond acceptors (Lipinski definition) is 4. The summed E-state index contributed by atoms with van der Waals surface area (Å²) in [5, 5.41) is 10.7. The number of nitrogens with zero attached hydrogens (tertiary/aromatic N) is 3. The van der Waals surface area contributed by atoms with Gasteiger partial charge in [-0.2, -0.15) is 4.98 Å². The van der Waals surface area contributed by atoms with Crippen molar-refractivity contribution < 1.29 is 4.52 Å². The molecule has 1 aromatic carbocycles. The van der Waals surface area contributed by atoms with Gasteiger partial charge in [-0.05, 0) is 30.4 Å². The highest BCUT2D eigenvalue weighted by Gasteiger charge is 2.11. The van der Waals surface area contributed by atoms with Gasteiger partial charge in [0.15, 0.2) is 11.8 Å². The highest BCUT2D eigenvalue weighted by atomic mass is 127.